The SMILES string of the molecule is C[C@]12C[C@H](O)CC1CCC1C2CC[C@]2(C)CCC[C@@H]12. The fourth-order valence-electron chi connectivity index (χ4n) is 7.15. The maximum absolute atomic E-state index is 10.2. The normalized spacial score (nSPS) is 60.5. The van der Waals surface area contributed by atoms with Crippen LogP contribution in [0.3, 0.4) is 0 Å². The van der Waals surface area contributed by atoms with Gasteiger partial charge in [0, 0.05) is 0 Å². The zero-order valence-electron chi connectivity index (χ0n) is 12.7. The van der Waals surface area contributed by atoms with Crippen LogP contribution in [0.4, 0.5) is 0 Å². The number of hydrogen-bond donors (Lipinski definition) is 1. The largest absolute Gasteiger partial charge is 0.393 e. The molecule has 1 N–H and O–H groups in total. The predicted molar refractivity (Wildman–Crippen MR) is 77.7 cm³/mol. The highest BCUT2D eigenvalue weighted by molar-refractivity contribution is 5.08. The van der Waals surface area contributed by atoms with Crippen molar-refractivity contribution in [1.82, 2.24) is 0 Å². The molecule has 4 aliphatic rings. The summed E-state index contributed by atoms with van der Waals surface area (Å²) in [5.41, 5.74) is 1.16. The molecule has 3 unspecified atom stereocenters. The van der Waals surface area contributed by atoms with E-state index in [9.17, 15) is 5.11 Å². The Hall–Kier alpha value is -0.0400. The second kappa shape index (κ2) is 4.00. The van der Waals surface area contributed by atoms with E-state index in [2.05, 4.69) is 13.8 Å². The van der Waals surface area contributed by atoms with Gasteiger partial charge in [-0.25, -0.2) is 0 Å². The van der Waals surface area contributed by atoms with E-state index in [1.807, 2.05) is 0 Å². The van der Waals surface area contributed by atoms with Gasteiger partial charge in [-0.2, -0.15) is 0 Å². The Balaban J connectivity index is 1.65. The summed E-state index contributed by atoms with van der Waals surface area (Å²) in [5.74, 6) is 3.77. The predicted octanol–water partition coefficient (Wildman–Crippen LogP) is 4.39. The van der Waals surface area contributed by atoms with E-state index in [0.717, 1.165) is 36.5 Å². The number of rotatable bonds is 0. The van der Waals surface area contributed by atoms with Crippen LogP contribution in [-0.4, -0.2) is 11.2 Å². The molecule has 0 aromatic carbocycles. The third kappa shape index (κ3) is 1.63. The van der Waals surface area contributed by atoms with Crippen LogP contribution < -0.4 is 0 Å². The van der Waals surface area contributed by atoms with Crippen LogP contribution in [0.5, 0.6) is 0 Å². The van der Waals surface area contributed by atoms with Crippen molar-refractivity contribution < 1.29 is 5.11 Å². The first-order valence-corrected chi connectivity index (χ1v) is 8.71. The number of aliphatic hydroxyl groups is 1. The van der Waals surface area contributed by atoms with Gasteiger partial charge in [-0.3, -0.25) is 0 Å². The summed E-state index contributed by atoms with van der Waals surface area (Å²) >= 11 is 0. The van der Waals surface area contributed by atoms with Crippen molar-refractivity contribution in [1.29, 1.82) is 0 Å². The summed E-state index contributed by atoms with van der Waals surface area (Å²) in [6, 6.07) is 0. The van der Waals surface area contributed by atoms with Crippen molar-refractivity contribution in [3.63, 3.8) is 0 Å². The Morgan fingerprint density at radius 2 is 1.79 bits per heavy atom. The zero-order chi connectivity index (χ0) is 13.3. The van der Waals surface area contributed by atoms with Crippen LogP contribution in [-0.2, 0) is 0 Å². The molecule has 0 aromatic heterocycles. The van der Waals surface area contributed by atoms with Crippen LogP contribution in [0.25, 0.3) is 0 Å². The summed E-state index contributed by atoms with van der Waals surface area (Å²) in [6.45, 7) is 5.11. The molecule has 0 saturated heterocycles. The molecule has 0 radical (unpaired) electrons. The van der Waals surface area contributed by atoms with Gasteiger partial charge in [-0.05, 0) is 85.9 Å². The molecule has 1 heteroatoms. The van der Waals surface area contributed by atoms with Crippen LogP contribution >= 0.6 is 0 Å². The fraction of sp³-hybridized carbons (Fsp3) is 1.00. The molecule has 0 spiro atoms. The second-order valence-electron chi connectivity index (χ2n) is 8.84. The van der Waals surface area contributed by atoms with Gasteiger partial charge < -0.3 is 5.11 Å². The zero-order valence-corrected chi connectivity index (χ0v) is 12.7. The summed E-state index contributed by atoms with van der Waals surface area (Å²) in [7, 11) is 0. The first kappa shape index (κ1) is 12.7. The van der Waals surface area contributed by atoms with Crippen LogP contribution in [0.2, 0.25) is 0 Å². The Bertz CT molecular complexity index is 378. The van der Waals surface area contributed by atoms with Gasteiger partial charge in [0.1, 0.15) is 0 Å². The average Bonchev–Trinajstić information content (AvgIpc) is 2.87. The third-order valence-electron chi connectivity index (χ3n) is 8.08. The van der Waals surface area contributed by atoms with Gasteiger partial charge in [0.15, 0.2) is 0 Å². The van der Waals surface area contributed by atoms with E-state index in [1.54, 1.807) is 0 Å². The molecule has 0 aromatic rings. The Morgan fingerprint density at radius 3 is 2.63 bits per heavy atom. The van der Waals surface area contributed by atoms with E-state index in [-0.39, 0.29) is 6.10 Å². The van der Waals surface area contributed by atoms with Crippen molar-refractivity contribution >= 4 is 0 Å². The Kier molecular flexibility index (Phi) is 2.67. The molecule has 0 aliphatic heterocycles. The Morgan fingerprint density at radius 1 is 0.947 bits per heavy atom. The van der Waals surface area contributed by atoms with Gasteiger partial charge in [0.05, 0.1) is 6.10 Å². The lowest BCUT2D eigenvalue weighted by Gasteiger charge is -2.56. The molecular weight excluding hydrogens is 232 g/mol. The molecule has 7 atom stereocenters. The highest BCUT2D eigenvalue weighted by atomic mass is 16.3. The molecule has 108 valence electrons. The monoisotopic (exact) mass is 262 g/mol. The van der Waals surface area contributed by atoms with E-state index in [1.165, 1.54) is 44.9 Å². The molecule has 4 rings (SSSR count). The molecular formula is C18H30O. The number of fused-ring (bicyclic) bond motifs is 5. The summed E-state index contributed by atoms with van der Waals surface area (Å²) < 4.78 is 0. The van der Waals surface area contributed by atoms with Gasteiger partial charge >= 0.3 is 0 Å². The Labute approximate surface area is 118 Å². The topological polar surface area (TPSA) is 20.2 Å². The molecule has 4 saturated carbocycles. The lowest BCUT2D eigenvalue weighted by Crippen LogP contribution is -2.49. The lowest BCUT2D eigenvalue weighted by molar-refractivity contribution is -0.0756. The van der Waals surface area contributed by atoms with Crippen molar-refractivity contribution in [2.24, 2.45) is 34.5 Å². The molecule has 1 nitrogen and oxygen atoms in total. The van der Waals surface area contributed by atoms with Crippen molar-refractivity contribution in [2.75, 3.05) is 0 Å². The molecule has 19 heavy (non-hydrogen) atoms. The van der Waals surface area contributed by atoms with Crippen molar-refractivity contribution in [3.05, 3.63) is 0 Å². The summed E-state index contributed by atoms with van der Waals surface area (Å²) in [4.78, 5) is 0. The number of aliphatic hydroxyl groups excluding tert-OH is 1. The highest BCUT2D eigenvalue weighted by Crippen LogP contribution is 2.66. The summed E-state index contributed by atoms with van der Waals surface area (Å²) in [5, 5.41) is 10.2. The van der Waals surface area contributed by atoms with Gasteiger partial charge in [0.25, 0.3) is 0 Å². The van der Waals surface area contributed by atoms with Crippen LogP contribution in [0, 0.1) is 34.5 Å². The van der Waals surface area contributed by atoms with E-state index in [0.29, 0.717) is 10.8 Å². The lowest BCUT2D eigenvalue weighted by atomic mass is 9.48. The van der Waals surface area contributed by atoms with Crippen LogP contribution in [0.1, 0.15) is 71.6 Å². The van der Waals surface area contributed by atoms with Crippen molar-refractivity contribution in [2.45, 2.75) is 77.7 Å². The van der Waals surface area contributed by atoms with Crippen LogP contribution in [0.15, 0.2) is 0 Å². The standard InChI is InChI=1S/C18H30O/c1-17-8-3-4-15(17)14-6-5-12-10-13(19)11-18(12,2)16(14)7-9-17/h12-16,19H,3-11H2,1-2H3/t12?,13-,14?,15+,16?,17+,18+/m1/s1. The first-order chi connectivity index (χ1) is 9.03. The minimum atomic E-state index is 0.00522. The van der Waals surface area contributed by atoms with Crippen molar-refractivity contribution in [3.8, 4) is 0 Å². The minimum Gasteiger partial charge on any atom is -0.393 e. The molecule has 4 aliphatic carbocycles. The van der Waals surface area contributed by atoms with E-state index >= 15 is 0 Å². The maximum atomic E-state index is 10.2. The smallest absolute Gasteiger partial charge is 0.0548 e. The van der Waals surface area contributed by atoms with Gasteiger partial charge in [0.2, 0.25) is 0 Å². The van der Waals surface area contributed by atoms with Gasteiger partial charge in [-0.1, -0.05) is 20.3 Å². The molecule has 4 fully saturated rings. The molecule has 0 heterocycles. The third-order valence-corrected chi connectivity index (χ3v) is 8.08. The molecule has 0 bridgehead atoms. The first-order valence-electron chi connectivity index (χ1n) is 8.71. The summed E-state index contributed by atoms with van der Waals surface area (Å²) in [6.07, 6.45) is 12.5. The average molecular weight is 262 g/mol. The quantitative estimate of drug-likeness (QED) is 0.686. The number of hydrogen-bond acceptors (Lipinski definition) is 1. The maximum Gasteiger partial charge on any atom is 0.0548 e. The van der Waals surface area contributed by atoms with E-state index < -0.39 is 0 Å². The second-order valence-corrected chi connectivity index (χ2v) is 8.84. The molecule has 0 amide bonds. The fourth-order valence-corrected chi connectivity index (χ4v) is 7.15. The highest BCUT2D eigenvalue weighted by Gasteiger charge is 2.59. The van der Waals surface area contributed by atoms with Gasteiger partial charge in [-0.15, -0.1) is 0 Å². The minimum absolute atomic E-state index is 0.00522. The van der Waals surface area contributed by atoms with E-state index in [4.69, 9.17) is 0 Å².